The van der Waals surface area contributed by atoms with Crippen LogP contribution in [0.2, 0.25) is 0 Å². The quantitative estimate of drug-likeness (QED) is 0.0529. The van der Waals surface area contributed by atoms with Crippen molar-refractivity contribution in [1.82, 2.24) is 0 Å². The van der Waals surface area contributed by atoms with Crippen LogP contribution in [0.15, 0.2) is 64.4 Å². The highest BCUT2D eigenvalue weighted by Crippen LogP contribution is 2.49. The minimum absolute atomic E-state index is 0.410. The normalized spacial score (nSPS) is 15.9. The fourth-order valence-corrected chi connectivity index (χ4v) is 9.48. The van der Waals surface area contributed by atoms with E-state index < -0.39 is 6.96 Å². The van der Waals surface area contributed by atoms with Crippen molar-refractivity contribution in [3.05, 3.63) is 70.4 Å². The van der Waals surface area contributed by atoms with Crippen molar-refractivity contribution in [2.45, 2.75) is 155 Å². The van der Waals surface area contributed by atoms with Gasteiger partial charge in [-0.2, -0.15) is 4.61 Å². The van der Waals surface area contributed by atoms with Crippen LogP contribution in [0.5, 0.6) is 11.5 Å². The van der Waals surface area contributed by atoms with Crippen LogP contribution in [0.3, 0.4) is 0 Å². The largest absolute Gasteiger partial charge is 0.881 e. The molecule has 2 aliphatic rings. The summed E-state index contributed by atoms with van der Waals surface area (Å²) in [5, 5.41) is 9.29. The molecule has 0 saturated heterocycles. The molecule has 2 aromatic carbocycles. The Bertz CT molecular complexity index is 1730. The molecule has 0 radical (unpaired) electrons. The Labute approximate surface area is 320 Å². The zero-order valence-electron chi connectivity index (χ0n) is 31.8. The average molecular weight is 743 g/mol. The molecule has 1 unspecified atom stereocenters. The lowest BCUT2D eigenvalue weighted by Gasteiger charge is -2.25. The summed E-state index contributed by atoms with van der Waals surface area (Å²) in [4.78, 5) is 2.38. The van der Waals surface area contributed by atoms with Crippen molar-refractivity contribution in [2.24, 2.45) is 5.11 Å². The third-order valence-corrected chi connectivity index (χ3v) is 12.8. The van der Waals surface area contributed by atoms with Crippen molar-refractivity contribution in [2.75, 3.05) is 0 Å². The second-order valence-electron chi connectivity index (χ2n) is 15.1. The molecule has 8 heteroatoms. The molecule has 0 amide bonds. The predicted molar refractivity (Wildman–Crippen MR) is 221 cm³/mol. The molecule has 1 atom stereocenters. The van der Waals surface area contributed by atoms with Crippen LogP contribution in [0.1, 0.15) is 153 Å². The van der Waals surface area contributed by atoms with E-state index in [1.807, 2.05) is 36.4 Å². The second kappa shape index (κ2) is 19.9. The Morgan fingerprint density at radius 1 is 0.558 bits per heavy atom. The maximum atomic E-state index is 16.2. The predicted octanol–water partition coefficient (Wildman–Crippen LogP) is 15.7. The van der Waals surface area contributed by atoms with Crippen molar-refractivity contribution in [1.29, 1.82) is 0 Å². The van der Waals surface area contributed by atoms with Gasteiger partial charge in [0.2, 0.25) is 5.69 Å². The van der Waals surface area contributed by atoms with Gasteiger partial charge in [-0.3, -0.25) is 0 Å². The summed E-state index contributed by atoms with van der Waals surface area (Å²) >= 11 is 3.51. The third-order valence-electron chi connectivity index (χ3n) is 10.7. The highest BCUT2D eigenvalue weighted by molar-refractivity contribution is 7.14. The van der Waals surface area contributed by atoms with Crippen molar-refractivity contribution in [3.63, 3.8) is 0 Å². The summed E-state index contributed by atoms with van der Waals surface area (Å²) in [6.45, 7) is 1.26. The van der Waals surface area contributed by atoms with E-state index in [0.717, 1.165) is 24.0 Å². The molecule has 52 heavy (non-hydrogen) atoms. The summed E-state index contributed by atoms with van der Waals surface area (Å²) in [6, 6.07) is 16.3. The van der Waals surface area contributed by atoms with E-state index in [1.165, 1.54) is 154 Å². The van der Waals surface area contributed by atoms with Crippen LogP contribution >= 0.6 is 22.7 Å². The van der Waals surface area contributed by atoms with Crippen LogP contribution in [-0.2, 0) is 12.8 Å². The fraction of sp³-hybridized carbons (Fsp3) is 0.545. The number of thiophene rings is 2. The topological polar surface area (TPSA) is 33.8 Å². The van der Waals surface area contributed by atoms with Crippen LogP contribution in [-0.4, -0.2) is 11.6 Å². The number of fused-ring (bicyclic) bond motifs is 4. The molecule has 0 saturated carbocycles. The van der Waals surface area contributed by atoms with E-state index in [4.69, 9.17) is 14.4 Å². The monoisotopic (exact) mass is 742 g/mol. The van der Waals surface area contributed by atoms with Crippen molar-refractivity contribution >= 4 is 41.0 Å². The molecule has 0 N–H and O–H groups in total. The molecule has 2 aromatic heterocycles. The molecule has 4 heterocycles. The number of rotatable bonds is 24. The summed E-state index contributed by atoms with van der Waals surface area (Å²) in [6.07, 6.45) is 29.3. The minimum Gasteiger partial charge on any atom is -0.588 e. The lowest BCUT2D eigenvalue weighted by atomic mass is 10.00. The van der Waals surface area contributed by atoms with Gasteiger partial charge in [0, 0.05) is 15.8 Å². The SMILES string of the molecule is CCCCCCCCCCCCc1csc(-c2ccc3c(c2)N=[N+]2c4ccc(-c5cc(CCCCCCCCCCCC)cs5)cc4O[B-]2(F)O3)c1. The molecule has 0 spiro atoms. The van der Waals surface area contributed by atoms with Gasteiger partial charge >= 0.3 is 6.96 Å². The Hall–Kier alpha value is -2.97. The molecular formula is C44H60BFN2O2S2. The number of halogens is 1. The number of azo groups is 1. The zero-order chi connectivity index (χ0) is 36.0. The first-order valence-electron chi connectivity index (χ1n) is 20.7. The standard InChI is InChI=1S/C44H60BFN2O2S2/c1-3-5-7-9-11-13-15-17-19-21-23-35-29-43(51-33-35)37-26-28-41-39(31-37)47-48-40-27-25-38(32-42(40)50-45(48,46)49-41)44-30-36(34-52-44)24-22-20-18-16-14-12-10-8-6-4-2/h25-34H,3-24H2,1-2H3. The molecule has 0 aliphatic carbocycles. The third kappa shape index (κ3) is 10.6. The van der Waals surface area contributed by atoms with Gasteiger partial charge in [-0.05, 0) is 106 Å². The van der Waals surface area contributed by atoms with Gasteiger partial charge in [-0.1, -0.05) is 129 Å². The molecule has 4 aromatic rings. The highest BCUT2D eigenvalue weighted by Gasteiger charge is 2.61. The minimum atomic E-state index is -3.30. The van der Waals surface area contributed by atoms with Gasteiger partial charge in [0.25, 0.3) is 0 Å². The Kier molecular flexibility index (Phi) is 14.8. The maximum Gasteiger partial charge on any atom is 0.881 e. The summed E-state index contributed by atoms with van der Waals surface area (Å²) in [7, 11) is 0. The van der Waals surface area contributed by atoms with Crippen molar-refractivity contribution in [3.8, 4) is 32.4 Å². The maximum absolute atomic E-state index is 16.2. The number of aryl methyl sites for hydroxylation is 2. The van der Waals surface area contributed by atoms with Crippen molar-refractivity contribution < 1.29 is 18.2 Å². The molecule has 2 aliphatic heterocycles. The number of hydrogen-bond donors (Lipinski definition) is 0. The van der Waals surface area contributed by atoms with E-state index in [0.29, 0.717) is 22.9 Å². The van der Waals surface area contributed by atoms with Gasteiger partial charge in [0.1, 0.15) is 11.5 Å². The summed E-state index contributed by atoms with van der Waals surface area (Å²) < 4.78 is 29.3. The molecule has 280 valence electrons. The van der Waals surface area contributed by atoms with Gasteiger partial charge in [-0.15, -0.1) is 22.7 Å². The molecule has 6 rings (SSSR count). The van der Waals surface area contributed by atoms with Crippen LogP contribution in [0, 0.1) is 0 Å². The van der Waals surface area contributed by atoms with E-state index in [9.17, 15) is 0 Å². The van der Waals surface area contributed by atoms with E-state index in [-0.39, 0.29) is 0 Å². The first-order valence-corrected chi connectivity index (χ1v) is 22.5. The molecule has 0 fully saturated rings. The Morgan fingerprint density at radius 3 is 1.56 bits per heavy atom. The molecule has 0 bridgehead atoms. The van der Waals surface area contributed by atoms with Gasteiger partial charge in [0.05, 0.1) is 0 Å². The summed E-state index contributed by atoms with van der Waals surface area (Å²) in [5.41, 5.74) is 6.10. The average Bonchev–Trinajstić information content (AvgIpc) is 3.89. The van der Waals surface area contributed by atoms with Crippen LogP contribution in [0.4, 0.5) is 15.7 Å². The zero-order valence-corrected chi connectivity index (χ0v) is 33.4. The molecule has 4 nitrogen and oxygen atoms in total. The smallest absolute Gasteiger partial charge is 0.588 e. The number of benzene rings is 2. The van der Waals surface area contributed by atoms with Gasteiger partial charge < -0.3 is 13.6 Å². The lowest BCUT2D eigenvalue weighted by Crippen LogP contribution is -2.50. The number of hydrogen-bond acceptors (Lipinski definition) is 5. The van der Waals surface area contributed by atoms with E-state index in [1.54, 1.807) is 22.7 Å². The Balaban J connectivity index is 0.993. The summed E-state index contributed by atoms with van der Waals surface area (Å²) in [5.74, 6) is 0.879. The number of unbranched alkanes of at least 4 members (excludes halogenated alkanes) is 18. The second-order valence-corrected chi connectivity index (χ2v) is 17.0. The van der Waals surface area contributed by atoms with Crippen LogP contribution in [0.25, 0.3) is 20.9 Å². The Morgan fingerprint density at radius 2 is 1.02 bits per heavy atom. The van der Waals surface area contributed by atoms with E-state index in [2.05, 4.69) is 36.7 Å². The van der Waals surface area contributed by atoms with E-state index >= 15 is 4.32 Å². The van der Waals surface area contributed by atoms with Crippen LogP contribution < -0.4 is 9.31 Å². The number of nitrogens with zero attached hydrogens (tertiary/aromatic N) is 2. The first kappa shape index (κ1) is 38.7. The van der Waals surface area contributed by atoms with Gasteiger partial charge in [0.15, 0.2) is 5.69 Å². The first-order chi connectivity index (χ1) is 25.6. The van der Waals surface area contributed by atoms with Gasteiger partial charge in [-0.25, -0.2) is 0 Å². The lowest BCUT2D eigenvalue weighted by molar-refractivity contribution is -0.411. The fourth-order valence-electron chi connectivity index (χ4n) is 7.59. The molecular weight excluding hydrogens is 682 g/mol. The highest BCUT2D eigenvalue weighted by atomic mass is 32.1.